The van der Waals surface area contributed by atoms with Gasteiger partial charge in [0.15, 0.2) is 5.65 Å². The summed E-state index contributed by atoms with van der Waals surface area (Å²) in [6.07, 6.45) is 4.66. The Balaban J connectivity index is 1.48. The summed E-state index contributed by atoms with van der Waals surface area (Å²) in [4.78, 5) is 32.5. The van der Waals surface area contributed by atoms with Gasteiger partial charge in [-0.3, -0.25) is 4.79 Å². The third-order valence-electron chi connectivity index (χ3n) is 6.94. The lowest BCUT2D eigenvalue weighted by Gasteiger charge is -2.33. The van der Waals surface area contributed by atoms with Gasteiger partial charge in [-0.05, 0) is 73.3 Å². The Morgan fingerprint density at radius 2 is 2.03 bits per heavy atom. The topological polar surface area (TPSA) is 81.3 Å². The standard InChI is InChI=1S/C25H29N5O2S/c1-14-6-8-17(10-15(14)2)27-20(31)12-30-24(32)29-13-26-23-21(22(29)28-30)18-9-7-16(25(3,4)5)11-19(18)33-23/h6,8,10,13,16H,7,9,11-12H2,1-5H3,(H,27,31)/t16-/m1/s1. The molecule has 0 unspecified atom stereocenters. The van der Waals surface area contributed by atoms with Gasteiger partial charge in [-0.2, -0.15) is 0 Å². The maximum absolute atomic E-state index is 13.0. The fourth-order valence-electron chi connectivity index (χ4n) is 4.70. The summed E-state index contributed by atoms with van der Waals surface area (Å²) in [5.74, 6) is 0.344. The summed E-state index contributed by atoms with van der Waals surface area (Å²) in [6.45, 7) is 10.8. The SMILES string of the molecule is Cc1ccc(NC(=O)Cn2nc3c4c5c(sc4ncn3c2=O)C[C@H](C(C)(C)C)CC5)cc1C. The predicted molar refractivity (Wildman–Crippen MR) is 132 cm³/mol. The molecule has 0 saturated carbocycles. The van der Waals surface area contributed by atoms with E-state index in [-0.39, 0.29) is 23.6 Å². The van der Waals surface area contributed by atoms with Gasteiger partial charge in [0.1, 0.15) is 17.7 Å². The van der Waals surface area contributed by atoms with E-state index in [0.717, 1.165) is 40.6 Å². The van der Waals surface area contributed by atoms with Gasteiger partial charge in [-0.15, -0.1) is 16.4 Å². The van der Waals surface area contributed by atoms with Gasteiger partial charge in [0.2, 0.25) is 5.91 Å². The molecule has 0 saturated heterocycles. The predicted octanol–water partition coefficient (Wildman–Crippen LogP) is 4.51. The van der Waals surface area contributed by atoms with Crippen molar-refractivity contribution in [2.24, 2.45) is 11.3 Å². The van der Waals surface area contributed by atoms with Gasteiger partial charge >= 0.3 is 5.69 Å². The Labute approximate surface area is 196 Å². The molecule has 5 rings (SSSR count). The zero-order valence-electron chi connectivity index (χ0n) is 19.7. The first-order valence-corrected chi connectivity index (χ1v) is 12.2. The highest BCUT2D eigenvalue weighted by molar-refractivity contribution is 7.19. The first-order chi connectivity index (χ1) is 15.6. The van der Waals surface area contributed by atoms with Crippen LogP contribution in [0.25, 0.3) is 15.9 Å². The molecule has 1 atom stereocenters. The van der Waals surface area contributed by atoms with Crippen LogP contribution in [0.3, 0.4) is 0 Å². The van der Waals surface area contributed by atoms with Crippen LogP contribution in [-0.2, 0) is 24.2 Å². The third-order valence-corrected chi connectivity index (χ3v) is 8.10. The number of nitrogens with zero attached hydrogens (tertiary/aromatic N) is 4. The molecule has 3 aromatic heterocycles. The minimum Gasteiger partial charge on any atom is -0.324 e. The zero-order valence-corrected chi connectivity index (χ0v) is 20.5. The van der Waals surface area contributed by atoms with E-state index in [1.165, 1.54) is 25.9 Å². The number of anilines is 1. The molecule has 0 bridgehead atoms. The van der Waals surface area contributed by atoms with Crippen molar-refractivity contribution >= 4 is 38.8 Å². The molecule has 8 heteroatoms. The van der Waals surface area contributed by atoms with Gasteiger partial charge in [0, 0.05) is 10.6 Å². The number of hydrogen-bond acceptors (Lipinski definition) is 5. The summed E-state index contributed by atoms with van der Waals surface area (Å²) in [7, 11) is 0. The van der Waals surface area contributed by atoms with Crippen LogP contribution < -0.4 is 11.0 Å². The minimum atomic E-state index is -0.349. The van der Waals surface area contributed by atoms with Crippen molar-refractivity contribution in [3.63, 3.8) is 0 Å². The first-order valence-electron chi connectivity index (χ1n) is 11.4. The van der Waals surface area contributed by atoms with Crippen molar-refractivity contribution in [1.82, 2.24) is 19.2 Å². The average Bonchev–Trinajstić information content (AvgIpc) is 3.27. The molecular weight excluding hydrogens is 434 g/mol. The van der Waals surface area contributed by atoms with E-state index in [1.54, 1.807) is 11.3 Å². The largest absolute Gasteiger partial charge is 0.352 e. The van der Waals surface area contributed by atoms with Gasteiger partial charge in [-0.25, -0.2) is 18.9 Å². The molecule has 7 nitrogen and oxygen atoms in total. The van der Waals surface area contributed by atoms with Crippen molar-refractivity contribution in [1.29, 1.82) is 0 Å². The number of amides is 1. The summed E-state index contributed by atoms with van der Waals surface area (Å²) >= 11 is 1.71. The molecule has 1 aromatic carbocycles. The second-order valence-corrected chi connectivity index (χ2v) is 11.3. The fourth-order valence-corrected chi connectivity index (χ4v) is 5.96. The minimum absolute atomic E-state index is 0.145. The highest BCUT2D eigenvalue weighted by Gasteiger charge is 2.32. The van der Waals surface area contributed by atoms with E-state index in [9.17, 15) is 9.59 Å². The van der Waals surface area contributed by atoms with Gasteiger partial charge in [0.05, 0.1) is 5.39 Å². The lowest BCUT2D eigenvalue weighted by molar-refractivity contribution is -0.117. The lowest BCUT2D eigenvalue weighted by Crippen LogP contribution is -2.28. The first kappa shape index (κ1) is 21.8. The van der Waals surface area contributed by atoms with Crippen LogP contribution in [0.2, 0.25) is 0 Å². The van der Waals surface area contributed by atoms with Crippen LogP contribution in [-0.4, -0.2) is 25.1 Å². The fraction of sp³-hybridized carbons (Fsp3) is 0.440. The highest BCUT2D eigenvalue weighted by atomic mass is 32.1. The number of fused-ring (bicyclic) bond motifs is 5. The van der Waals surface area contributed by atoms with Crippen molar-refractivity contribution < 1.29 is 4.79 Å². The smallest absolute Gasteiger partial charge is 0.324 e. The third kappa shape index (κ3) is 3.86. The lowest BCUT2D eigenvalue weighted by atomic mass is 9.72. The number of aryl methyl sites for hydroxylation is 3. The van der Waals surface area contributed by atoms with E-state index < -0.39 is 0 Å². The molecular formula is C25H29N5O2S. The van der Waals surface area contributed by atoms with Crippen molar-refractivity contribution in [2.75, 3.05) is 5.32 Å². The van der Waals surface area contributed by atoms with Crippen molar-refractivity contribution in [3.05, 3.63) is 56.6 Å². The molecule has 1 aliphatic rings. The summed E-state index contributed by atoms with van der Waals surface area (Å²) < 4.78 is 2.70. The van der Waals surface area contributed by atoms with Crippen molar-refractivity contribution in [2.45, 2.75) is 60.4 Å². The maximum atomic E-state index is 13.0. The molecule has 0 radical (unpaired) electrons. The van der Waals surface area contributed by atoms with E-state index in [4.69, 9.17) is 0 Å². The Kier molecular flexibility index (Phi) is 5.16. The van der Waals surface area contributed by atoms with Crippen molar-refractivity contribution in [3.8, 4) is 0 Å². The summed E-state index contributed by atoms with van der Waals surface area (Å²) in [5, 5.41) is 8.41. The number of aromatic nitrogens is 4. The Morgan fingerprint density at radius 3 is 2.76 bits per heavy atom. The van der Waals surface area contributed by atoms with Gasteiger partial charge in [0.25, 0.3) is 0 Å². The summed E-state index contributed by atoms with van der Waals surface area (Å²) in [6, 6.07) is 5.76. The number of carbonyl (C=O) groups is 1. The average molecular weight is 464 g/mol. The molecule has 1 aliphatic carbocycles. The normalized spacial score (nSPS) is 16.3. The van der Waals surface area contributed by atoms with E-state index in [2.05, 4.69) is 36.2 Å². The maximum Gasteiger partial charge on any atom is 0.352 e. The van der Waals surface area contributed by atoms with Crippen LogP contribution in [0.4, 0.5) is 5.69 Å². The van der Waals surface area contributed by atoms with Crippen LogP contribution in [0.5, 0.6) is 0 Å². The molecule has 0 aliphatic heterocycles. The van der Waals surface area contributed by atoms with E-state index >= 15 is 0 Å². The number of benzene rings is 1. The Bertz CT molecular complexity index is 1450. The Morgan fingerprint density at radius 1 is 1.24 bits per heavy atom. The van der Waals surface area contributed by atoms with Crippen LogP contribution in [0.1, 0.15) is 48.8 Å². The number of nitrogens with one attached hydrogen (secondary N) is 1. The van der Waals surface area contributed by atoms with Crippen LogP contribution >= 0.6 is 11.3 Å². The number of thiophene rings is 1. The second kappa shape index (κ2) is 7.80. The zero-order chi connectivity index (χ0) is 23.5. The summed E-state index contributed by atoms with van der Waals surface area (Å²) in [5.41, 5.74) is 4.75. The monoisotopic (exact) mass is 463 g/mol. The molecule has 1 N–H and O–H groups in total. The number of hydrogen-bond donors (Lipinski definition) is 1. The molecule has 1 amide bonds. The molecule has 0 fully saturated rings. The molecule has 4 aromatic rings. The molecule has 33 heavy (non-hydrogen) atoms. The Hall–Kier alpha value is -3.00. The van der Waals surface area contributed by atoms with Crippen LogP contribution in [0, 0.1) is 25.2 Å². The van der Waals surface area contributed by atoms with Crippen LogP contribution in [0.15, 0.2) is 29.3 Å². The quantitative estimate of drug-likeness (QED) is 0.485. The molecule has 172 valence electrons. The van der Waals surface area contributed by atoms with Gasteiger partial charge in [-0.1, -0.05) is 26.8 Å². The van der Waals surface area contributed by atoms with E-state index in [1.807, 2.05) is 32.0 Å². The number of rotatable bonds is 3. The van der Waals surface area contributed by atoms with Gasteiger partial charge < -0.3 is 5.32 Å². The molecule has 3 heterocycles. The number of carbonyl (C=O) groups excluding carboxylic acids is 1. The van der Waals surface area contributed by atoms with E-state index in [0.29, 0.717) is 17.3 Å². The second-order valence-electron chi connectivity index (χ2n) is 10.2. The molecule has 0 spiro atoms. The highest BCUT2D eigenvalue weighted by Crippen LogP contribution is 2.43.